The molecule has 1 unspecified atom stereocenters. The Labute approximate surface area is 123 Å². The van der Waals surface area contributed by atoms with E-state index in [0.29, 0.717) is 17.2 Å². The molecule has 0 fully saturated rings. The van der Waals surface area contributed by atoms with Crippen molar-refractivity contribution in [3.05, 3.63) is 29.6 Å². The maximum absolute atomic E-state index is 5.48. The summed E-state index contributed by atoms with van der Waals surface area (Å²) in [6.45, 7) is 0. The molecular formula is C14H20N4O3. The molecule has 0 saturated heterocycles. The molecule has 0 aliphatic carbocycles. The highest BCUT2D eigenvalue weighted by Crippen LogP contribution is 2.38. The lowest BCUT2D eigenvalue weighted by Gasteiger charge is -2.21. The van der Waals surface area contributed by atoms with Crippen molar-refractivity contribution < 1.29 is 14.2 Å². The SMILES string of the molecule is CNC(c1cc(OC)c(OC)cc1OC)c1cnnn1C. The second kappa shape index (κ2) is 6.45. The topological polar surface area (TPSA) is 70.4 Å². The fourth-order valence-electron chi connectivity index (χ4n) is 2.30. The fraction of sp³-hybridized carbons (Fsp3) is 0.429. The molecule has 2 rings (SSSR count). The van der Waals surface area contributed by atoms with E-state index in [1.54, 1.807) is 32.2 Å². The van der Waals surface area contributed by atoms with Crippen LogP contribution in [0.25, 0.3) is 0 Å². The first-order valence-corrected chi connectivity index (χ1v) is 6.48. The van der Waals surface area contributed by atoms with E-state index >= 15 is 0 Å². The van der Waals surface area contributed by atoms with Crippen LogP contribution in [0.4, 0.5) is 0 Å². The zero-order chi connectivity index (χ0) is 15.4. The monoisotopic (exact) mass is 292 g/mol. The number of benzene rings is 1. The predicted octanol–water partition coefficient (Wildman–Crippen LogP) is 1.15. The number of hydrogen-bond acceptors (Lipinski definition) is 6. The minimum absolute atomic E-state index is 0.125. The van der Waals surface area contributed by atoms with Crippen LogP contribution in [-0.4, -0.2) is 43.4 Å². The Kier molecular flexibility index (Phi) is 4.64. The van der Waals surface area contributed by atoms with Gasteiger partial charge in [-0.25, -0.2) is 0 Å². The van der Waals surface area contributed by atoms with Crippen molar-refractivity contribution in [2.45, 2.75) is 6.04 Å². The lowest BCUT2D eigenvalue weighted by atomic mass is 10.0. The van der Waals surface area contributed by atoms with Crippen LogP contribution >= 0.6 is 0 Å². The van der Waals surface area contributed by atoms with Gasteiger partial charge >= 0.3 is 0 Å². The molecule has 1 atom stereocenters. The van der Waals surface area contributed by atoms with Gasteiger partial charge in [-0.1, -0.05) is 5.21 Å². The second-order valence-electron chi connectivity index (χ2n) is 4.45. The van der Waals surface area contributed by atoms with E-state index in [0.717, 1.165) is 11.3 Å². The van der Waals surface area contributed by atoms with Gasteiger partial charge in [0.2, 0.25) is 0 Å². The number of nitrogens with zero attached hydrogens (tertiary/aromatic N) is 3. The first kappa shape index (κ1) is 15.1. The van der Waals surface area contributed by atoms with Gasteiger partial charge in [-0.15, -0.1) is 5.10 Å². The van der Waals surface area contributed by atoms with Gasteiger partial charge in [0.15, 0.2) is 11.5 Å². The number of aromatic nitrogens is 3. The van der Waals surface area contributed by atoms with E-state index in [2.05, 4.69) is 15.6 Å². The minimum Gasteiger partial charge on any atom is -0.496 e. The van der Waals surface area contributed by atoms with Crippen LogP contribution in [0.3, 0.4) is 0 Å². The lowest BCUT2D eigenvalue weighted by molar-refractivity contribution is 0.346. The molecule has 0 amide bonds. The van der Waals surface area contributed by atoms with E-state index in [4.69, 9.17) is 14.2 Å². The molecule has 7 nitrogen and oxygen atoms in total. The molecule has 0 radical (unpaired) electrons. The normalized spacial score (nSPS) is 12.0. The highest BCUT2D eigenvalue weighted by atomic mass is 16.5. The van der Waals surface area contributed by atoms with Gasteiger partial charge in [-0.2, -0.15) is 0 Å². The standard InChI is InChI=1S/C14H20N4O3/c1-15-14(10-8-16-17-18(10)2)9-6-12(20-4)13(21-5)7-11(9)19-3/h6-8,14-15H,1-5H3. The van der Waals surface area contributed by atoms with E-state index < -0.39 is 0 Å². The van der Waals surface area contributed by atoms with Crippen LogP contribution in [0.5, 0.6) is 17.2 Å². The maximum Gasteiger partial charge on any atom is 0.164 e. The van der Waals surface area contributed by atoms with Crippen molar-refractivity contribution in [1.82, 2.24) is 20.3 Å². The number of ether oxygens (including phenoxy) is 3. The fourth-order valence-corrected chi connectivity index (χ4v) is 2.30. The average molecular weight is 292 g/mol. The highest BCUT2D eigenvalue weighted by molar-refractivity contribution is 5.53. The van der Waals surface area contributed by atoms with E-state index in [9.17, 15) is 0 Å². The van der Waals surface area contributed by atoms with E-state index in [1.807, 2.05) is 26.2 Å². The third-order valence-corrected chi connectivity index (χ3v) is 3.38. The Morgan fingerprint density at radius 3 is 2.14 bits per heavy atom. The second-order valence-corrected chi connectivity index (χ2v) is 4.45. The Bertz CT molecular complexity index is 612. The smallest absolute Gasteiger partial charge is 0.164 e. The summed E-state index contributed by atoms with van der Waals surface area (Å²) in [5, 5.41) is 11.1. The summed E-state index contributed by atoms with van der Waals surface area (Å²) in [5.41, 5.74) is 1.84. The molecular weight excluding hydrogens is 272 g/mol. The van der Waals surface area contributed by atoms with Crippen molar-refractivity contribution in [2.24, 2.45) is 7.05 Å². The molecule has 7 heteroatoms. The van der Waals surface area contributed by atoms with Gasteiger partial charge in [-0.05, 0) is 13.1 Å². The van der Waals surface area contributed by atoms with E-state index in [-0.39, 0.29) is 6.04 Å². The number of rotatable bonds is 6. The van der Waals surface area contributed by atoms with Crippen molar-refractivity contribution in [3.8, 4) is 17.2 Å². The van der Waals surface area contributed by atoms with Gasteiger partial charge in [0.05, 0.1) is 39.3 Å². The molecule has 1 heterocycles. The molecule has 0 bridgehead atoms. The highest BCUT2D eigenvalue weighted by Gasteiger charge is 2.22. The summed E-state index contributed by atoms with van der Waals surface area (Å²) >= 11 is 0. The number of aryl methyl sites for hydroxylation is 1. The summed E-state index contributed by atoms with van der Waals surface area (Å²) < 4.78 is 17.9. The minimum atomic E-state index is -0.125. The third kappa shape index (κ3) is 2.78. The largest absolute Gasteiger partial charge is 0.496 e. The molecule has 0 aliphatic rings. The quantitative estimate of drug-likeness (QED) is 0.861. The predicted molar refractivity (Wildman–Crippen MR) is 78.0 cm³/mol. The molecule has 0 saturated carbocycles. The van der Waals surface area contributed by atoms with Crippen molar-refractivity contribution in [3.63, 3.8) is 0 Å². The summed E-state index contributed by atoms with van der Waals surface area (Å²) in [4.78, 5) is 0. The van der Waals surface area contributed by atoms with Gasteiger partial charge in [0.25, 0.3) is 0 Å². The Balaban J connectivity index is 2.57. The summed E-state index contributed by atoms with van der Waals surface area (Å²) in [7, 11) is 8.54. The molecule has 21 heavy (non-hydrogen) atoms. The van der Waals surface area contributed by atoms with Gasteiger partial charge < -0.3 is 19.5 Å². The Morgan fingerprint density at radius 2 is 1.67 bits per heavy atom. The van der Waals surface area contributed by atoms with Crippen LogP contribution in [0, 0.1) is 0 Å². The zero-order valence-corrected chi connectivity index (χ0v) is 12.9. The number of methoxy groups -OCH3 is 3. The molecule has 1 N–H and O–H groups in total. The maximum atomic E-state index is 5.48. The van der Waals surface area contributed by atoms with Gasteiger partial charge in [0, 0.05) is 18.7 Å². The molecule has 0 spiro atoms. The number of nitrogens with one attached hydrogen (secondary N) is 1. The Morgan fingerprint density at radius 1 is 1.05 bits per heavy atom. The molecule has 1 aromatic heterocycles. The van der Waals surface area contributed by atoms with Crippen LogP contribution < -0.4 is 19.5 Å². The van der Waals surface area contributed by atoms with Crippen molar-refractivity contribution in [2.75, 3.05) is 28.4 Å². The van der Waals surface area contributed by atoms with Crippen molar-refractivity contribution in [1.29, 1.82) is 0 Å². The van der Waals surface area contributed by atoms with Crippen LogP contribution in [0.1, 0.15) is 17.3 Å². The van der Waals surface area contributed by atoms with Crippen LogP contribution in [-0.2, 0) is 7.05 Å². The third-order valence-electron chi connectivity index (χ3n) is 3.38. The summed E-state index contributed by atoms with van der Waals surface area (Å²) in [6, 6.07) is 3.58. The molecule has 2 aromatic rings. The van der Waals surface area contributed by atoms with E-state index in [1.165, 1.54) is 0 Å². The van der Waals surface area contributed by atoms with Crippen LogP contribution in [0.2, 0.25) is 0 Å². The Hall–Kier alpha value is -2.28. The average Bonchev–Trinajstić information content (AvgIpc) is 2.93. The lowest BCUT2D eigenvalue weighted by Crippen LogP contribution is -2.21. The zero-order valence-electron chi connectivity index (χ0n) is 12.9. The summed E-state index contributed by atoms with van der Waals surface area (Å²) in [6.07, 6.45) is 1.72. The molecule has 0 aliphatic heterocycles. The van der Waals surface area contributed by atoms with Crippen LogP contribution in [0.15, 0.2) is 18.3 Å². The molecule has 114 valence electrons. The van der Waals surface area contributed by atoms with Gasteiger partial charge in [-0.3, -0.25) is 4.68 Å². The summed E-state index contributed by atoms with van der Waals surface area (Å²) in [5.74, 6) is 1.97. The number of hydrogen-bond donors (Lipinski definition) is 1. The van der Waals surface area contributed by atoms with Gasteiger partial charge in [0.1, 0.15) is 5.75 Å². The first-order valence-electron chi connectivity index (χ1n) is 6.48. The van der Waals surface area contributed by atoms with Crippen molar-refractivity contribution >= 4 is 0 Å². The first-order chi connectivity index (χ1) is 10.2. The molecule has 1 aromatic carbocycles.